The lowest BCUT2D eigenvalue weighted by Gasteiger charge is -2.33. The molecule has 0 bridgehead atoms. The smallest absolute Gasteiger partial charge is 0.220 e. The lowest BCUT2D eigenvalue weighted by molar-refractivity contribution is -0.122. The number of rotatable bonds is 6. The van der Waals surface area contributed by atoms with Crippen molar-refractivity contribution in [2.75, 3.05) is 32.7 Å². The number of amides is 1. The highest BCUT2D eigenvalue weighted by atomic mass is 16.1. The first-order valence-electron chi connectivity index (χ1n) is 8.88. The minimum atomic E-state index is 0.234. The van der Waals surface area contributed by atoms with E-state index in [2.05, 4.69) is 29.4 Å². The maximum Gasteiger partial charge on any atom is 0.220 e. The summed E-state index contributed by atoms with van der Waals surface area (Å²) in [6, 6.07) is 0.683. The van der Waals surface area contributed by atoms with Crippen LogP contribution in [0.3, 0.4) is 0 Å². The molecular weight excluding hydrogens is 262 g/mol. The van der Waals surface area contributed by atoms with Crippen molar-refractivity contribution in [2.45, 2.75) is 58.4 Å². The third kappa shape index (κ3) is 5.59. The van der Waals surface area contributed by atoms with Gasteiger partial charge in [-0.05, 0) is 64.1 Å². The third-order valence-electron chi connectivity index (χ3n) is 5.31. The summed E-state index contributed by atoms with van der Waals surface area (Å²) >= 11 is 0. The first kappa shape index (κ1) is 16.8. The summed E-state index contributed by atoms with van der Waals surface area (Å²) in [5.74, 6) is 1.40. The van der Waals surface area contributed by atoms with Gasteiger partial charge in [0.05, 0.1) is 0 Å². The highest BCUT2D eigenvalue weighted by molar-refractivity contribution is 5.76. The van der Waals surface area contributed by atoms with Gasteiger partial charge in [-0.15, -0.1) is 0 Å². The Kier molecular flexibility index (Phi) is 6.97. The van der Waals surface area contributed by atoms with Crippen molar-refractivity contribution >= 4 is 5.91 Å². The van der Waals surface area contributed by atoms with Crippen molar-refractivity contribution in [3.8, 4) is 0 Å². The zero-order chi connectivity index (χ0) is 15.1. The second-order valence-electron chi connectivity index (χ2n) is 7.02. The van der Waals surface area contributed by atoms with Crippen molar-refractivity contribution in [1.82, 2.24) is 15.5 Å². The van der Waals surface area contributed by atoms with Gasteiger partial charge in [0.2, 0.25) is 5.91 Å². The van der Waals surface area contributed by atoms with E-state index < -0.39 is 0 Å². The van der Waals surface area contributed by atoms with E-state index in [1.165, 1.54) is 38.6 Å². The topological polar surface area (TPSA) is 44.4 Å². The Morgan fingerprint density at radius 2 is 2.19 bits per heavy atom. The van der Waals surface area contributed by atoms with E-state index in [1.54, 1.807) is 0 Å². The summed E-state index contributed by atoms with van der Waals surface area (Å²) in [6.45, 7) is 9.76. The highest BCUT2D eigenvalue weighted by Gasteiger charge is 2.22. The number of hydrogen-bond acceptors (Lipinski definition) is 3. The van der Waals surface area contributed by atoms with Crippen molar-refractivity contribution < 1.29 is 4.79 Å². The van der Waals surface area contributed by atoms with E-state index in [0.29, 0.717) is 24.3 Å². The molecule has 2 aliphatic heterocycles. The summed E-state index contributed by atoms with van der Waals surface area (Å²) in [5.41, 5.74) is 0. The minimum absolute atomic E-state index is 0.234. The van der Waals surface area contributed by atoms with Crippen LogP contribution in [-0.4, -0.2) is 49.6 Å². The van der Waals surface area contributed by atoms with Crippen LogP contribution in [-0.2, 0) is 4.79 Å². The second-order valence-corrected chi connectivity index (χ2v) is 7.02. The molecule has 2 fully saturated rings. The summed E-state index contributed by atoms with van der Waals surface area (Å²) in [7, 11) is 0. The molecule has 1 amide bonds. The highest BCUT2D eigenvalue weighted by Crippen LogP contribution is 2.22. The van der Waals surface area contributed by atoms with Crippen molar-refractivity contribution in [3.63, 3.8) is 0 Å². The van der Waals surface area contributed by atoms with E-state index in [4.69, 9.17) is 0 Å². The zero-order valence-corrected chi connectivity index (χ0v) is 13.9. The molecule has 2 saturated heterocycles. The van der Waals surface area contributed by atoms with E-state index in [9.17, 15) is 4.79 Å². The van der Waals surface area contributed by atoms with E-state index in [-0.39, 0.29) is 5.91 Å². The summed E-state index contributed by atoms with van der Waals surface area (Å²) in [6.07, 6.45) is 7.18. The first-order valence-corrected chi connectivity index (χ1v) is 8.88. The molecule has 0 aromatic rings. The fourth-order valence-electron chi connectivity index (χ4n) is 3.72. The number of likely N-dealkylation sites (tertiary alicyclic amines) is 1. The maximum atomic E-state index is 12.1. The quantitative estimate of drug-likeness (QED) is 0.788. The molecule has 4 heteroatoms. The van der Waals surface area contributed by atoms with Crippen LogP contribution in [0.25, 0.3) is 0 Å². The normalized spacial score (nSPS) is 29.0. The van der Waals surface area contributed by atoms with Crippen molar-refractivity contribution in [3.05, 3.63) is 0 Å². The van der Waals surface area contributed by atoms with Gasteiger partial charge < -0.3 is 10.6 Å². The molecule has 2 rings (SSSR count). The Morgan fingerprint density at radius 1 is 1.33 bits per heavy atom. The van der Waals surface area contributed by atoms with E-state index in [0.717, 1.165) is 26.2 Å². The minimum Gasteiger partial charge on any atom is -0.355 e. The molecular formula is C17H33N3O. The predicted octanol–water partition coefficient (Wildman–Crippen LogP) is 2.00. The molecule has 0 aliphatic carbocycles. The third-order valence-corrected chi connectivity index (χ3v) is 5.31. The maximum absolute atomic E-state index is 12.1. The van der Waals surface area contributed by atoms with Gasteiger partial charge in [-0.25, -0.2) is 0 Å². The number of nitrogens with one attached hydrogen (secondary N) is 2. The average molecular weight is 295 g/mol. The van der Waals surface area contributed by atoms with E-state index >= 15 is 0 Å². The van der Waals surface area contributed by atoms with Crippen LogP contribution in [0.1, 0.15) is 52.4 Å². The second kappa shape index (κ2) is 8.74. The van der Waals surface area contributed by atoms with Gasteiger partial charge in [0, 0.05) is 25.6 Å². The lowest BCUT2D eigenvalue weighted by Crippen LogP contribution is -2.43. The number of carbonyl (C=O) groups excluding carboxylic acids is 1. The van der Waals surface area contributed by atoms with Gasteiger partial charge in [-0.3, -0.25) is 9.69 Å². The monoisotopic (exact) mass is 295 g/mol. The Balaban J connectivity index is 1.60. The zero-order valence-electron chi connectivity index (χ0n) is 13.9. The fraction of sp³-hybridized carbons (Fsp3) is 0.941. The van der Waals surface area contributed by atoms with Gasteiger partial charge in [0.25, 0.3) is 0 Å². The lowest BCUT2D eigenvalue weighted by atomic mass is 9.85. The van der Waals surface area contributed by atoms with E-state index in [1.807, 2.05) is 0 Å². The largest absolute Gasteiger partial charge is 0.355 e. The molecule has 2 aliphatic rings. The molecule has 0 spiro atoms. The number of piperidine rings is 2. The first-order chi connectivity index (χ1) is 10.2. The summed E-state index contributed by atoms with van der Waals surface area (Å²) in [5, 5.41) is 6.56. The van der Waals surface area contributed by atoms with Crippen LogP contribution in [0.2, 0.25) is 0 Å². The predicted molar refractivity (Wildman–Crippen MR) is 87.3 cm³/mol. The Hall–Kier alpha value is -0.610. The average Bonchev–Trinajstić information content (AvgIpc) is 2.50. The molecule has 2 heterocycles. The SMILES string of the molecule is CC(CC(=O)NCCN1CCCCC1C)C1CCCNC1. The van der Waals surface area contributed by atoms with Gasteiger partial charge >= 0.3 is 0 Å². The molecule has 122 valence electrons. The molecule has 0 aromatic carbocycles. The van der Waals surface area contributed by atoms with Gasteiger partial charge in [-0.2, -0.15) is 0 Å². The molecule has 2 N–H and O–H groups in total. The molecule has 0 aromatic heterocycles. The molecule has 0 radical (unpaired) electrons. The van der Waals surface area contributed by atoms with Crippen LogP contribution < -0.4 is 10.6 Å². The summed E-state index contributed by atoms with van der Waals surface area (Å²) in [4.78, 5) is 14.6. The standard InChI is InChI=1S/C17H33N3O/c1-14(16-7-5-8-18-13-16)12-17(21)19-9-11-20-10-4-3-6-15(20)2/h14-16,18H,3-13H2,1-2H3,(H,19,21). The van der Waals surface area contributed by atoms with Crippen LogP contribution in [0, 0.1) is 11.8 Å². The Labute approximate surface area is 130 Å². The molecule has 4 nitrogen and oxygen atoms in total. The number of nitrogens with zero attached hydrogens (tertiary/aromatic N) is 1. The molecule has 0 saturated carbocycles. The van der Waals surface area contributed by atoms with Crippen LogP contribution >= 0.6 is 0 Å². The van der Waals surface area contributed by atoms with Gasteiger partial charge in [-0.1, -0.05) is 13.3 Å². The number of hydrogen-bond donors (Lipinski definition) is 2. The Bertz CT molecular complexity index is 315. The van der Waals surface area contributed by atoms with Crippen molar-refractivity contribution in [2.24, 2.45) is 11.8 Å². The van der Waals surface area contributed by atoms with Crippen molar-refractivity contribution in [1.29, 1.82) is 0 Å². The van der Waals surface area contributed by atoms with Crippen LogP contribution in [0.5, 0.6) is 0 Å². The molecule has 21 heavy (non-hydrogen) atoms. The fourth-order valence-corrected chi connectivity index (χ4v) is 3.72. The van der Waals surface area contributed by atoms with Gasteiger partial charge in [0.1, 0.15) is 0 Å². The molecule has 3 unspecified atom stereocenters. The number of carbonyl (C=O) groups is 1. The Morgan fingerprint density at radius 3 is 2.90 bits per heavy atom. The van der Waals surface area contributed by atoms with Crippen LogP contribution in [0.15, 0.2) is 0 Å². The summed E-state index contributed by atoms with van der Waals surface area (Å²) < 4.78 is 0. The van der Waals surface area contributed by atoms with Crippen LogP contribution in [0.4, 0.5) is 0 Å². The molecule has 3 atom stereocenters. The van der Waals surface area contributed by atoms with Gasteiger partial charge in [0.15, 0.2) is 0 Å².